The van der Waals surface area contributed by atoms with Crippen LogP contribution < -0.4 is 5.32 Å². The van der Waals surface area contributed by atoms with Crippen molar-refractivity contribution in [3.63, 3.8) is 0 Å². The van der Waals surface area contributed by atoms with Crippen LogP contribution in [0.3, 0.4) is 0 Å². The van der Waals surface area contributed by atoms with Gasteiger partial charge in [-0.05, 0) is 44.0 Å². The maximum absolute atomic E-state index is 13.3. The van der Waals surface area contributed by atoms with E-state index in [-0.39, 0.29) is 0 Å². The Morgan fingerprint density at radius 3 is 2.83 bits per heavy atom. The van der Waals surface area contributed by atoms with Gasteiger partial charge in [-0.2, -0.15) is 0 Å². The van der Waals surface area contributed by atoms with E-state index in [0.717, 1.165) is 25.5 Å². The van der Waals surface area contributed by atoms with Crippen LogP contribution in [0.4, 0.5) is 8.78 Å². The zero-order chi connectivity index (χ0) is 13.2. The zero-order valence-electron chi connectivity index (χ0n) is 10.8. The van der Waals surface area contributed by atoms with Gasteiger partial charge in [0.25, 0.3) is 0 Å². The molecule has 100 valence electrons. The van der Waals surface area contributed by atoms with Crippen LogP contribution in [0.2, 0.25) is 0 Å². The molecule has 1 aliphatic heterocycles. The minimum atomic E-state index is -0.818. The van der Waals surface area contributed by atoms with Crippen LogP contribution >= 0.6 is 0 Å². The Morgan fingerprint density at radius 1 is 1.39 bits per heavy atom. The summed E-state index contributed by atoms with van der Waals surface area (Å²) in [4.78, 5) is 0. The normalized spacial score (nSPS) is 28.3. The molecule has 1 aromatic carbocycles. The SMILES string of the molecule is CCNC1CCOC(C)(c2ccc(F)c(F)c2)C1. The number of halogens is 2. The molecule has 1 saturated heterocycles. The Morgan fingerprint density at radius 2 is 2.17 bits per heavy atom. The van der Waals surface area contributed by atoms with Gasteiger partial charge < -0.3 is 10.1 Å². The summed E-state index contributed by atoms with van der Waals surface area (Å²) in [6, 6.07) is 4.37. The lowest BCUT2D eigenvalue weighted by Crippen LogP contribution is -2.43. The van der Waals surface area contributed by atoms with Gasteiger partial charge in [0.15, 0.2) is 11.6 Å². The van der Waals surface area contributed by atoms with Gasteiger partial charge >= 0.3 is 0 Å². The summed E-state index contributed by atoms with van der Waals surface area (Å²) in [5, 5.41) is 3.39. The largest absolute Gasteiger partial charge is 0.370 e. The van der Waals surface area contributed by atoms with Crippen molar-refractivity contribution in [2.75, 3.05) is 13.2 Å². The Labute approximate surface area is 106 Å². The van der Waals surface area contributed by atoms with Gasteiger partial charge in [0.1, 0.15) is 0 Å². The van der Waals surface area contributed by atoms with Crippen molar-refractivity contribution in [2.24, 2.45) is 0 Å². The molecule has 0 aromatic heterocycles. The van der Waals surface area contributed by atoms with Crippen molar-refractivity contribution >= 4 is 0 Å². The summed E-state index contributed by atoms with van der Waals surface area (Å²) in [5.41, 5.74) is 0.156. The molecular weight excluding hydrogens is 236 g/mol. The minimum absolute atomic E-state index is 0.363. The zero-order valence-corrected chi connectivity index (χ0v) is 10.8. The molecule has 0 radical (unpaired) electrons. The number of nitrogens with one attached hydrogen (secondary N) is 1. The molecule has 2 atom stereocenters. The van der Waals surface area contributed by atoms with Gasteiger partial charge in [-0.3, -0.25) is 0 Å². The van der Waals surface area contributed by atoms with Gasteiger partial charge in [0.05, 0.1) is 5.60 Å². The van der Waals surface area contributed by atoms with Crippen LogP contribution in [0.15, 0.2) is 18.2 Å². The highest BCUT2D eigenvalue weighted by Gasteiger charge is 2.35. The fraction of sp³-hybridized carbons (Fsp3) is 0.571. The van der Waals surface area contributed by atoms with Gasteiger partial charge in [-0.15, -0.1) is 0 Å². The van der Waals surface area contributed by atoms with Crippen LogP contribution in [-0.4, -0.2) is 19.2 Å². The Hall–Kier alpha value is -1.00. The third-order valence-electron chi connectivity index (χ3n) is 3.55. The Balaban J connectivity index is 2.21. The average molecular weight is 255 g/mol. The highest BCUT2D eigenvalue weighted by atomic mass is 19.2. The first-order chi connectivity index (χ1) is 8.55. The van der Waals surface area contributed by atoms with E-state index in [2.05, 4.69) is 12.2 Å². The third-order valence-corrected chi connectivity index (χ3v) is 3.55. The van der Waals surface area contributed by atoms with Crippen LogP contribution in [0.5, 0.6) is 0 Å². The molecule has 2 rings (SSSR count). The van der Waals surface area contributed by atoms with Gasteiger partial charge in [-0.1, -0.05) is 13.0 Å². The summed E-state index contributed by atoms with van der Waals surface area (Å²) in [5.74, 6) is -1.63. The highest BCUT2D eigenvalue weighted by molar-refractivity contribution is 5.24. The van der Waals surface area contributed by atoms with Gasteiger partial charge in [0, 0.05) is 12.6 Å². The monoisotopic (exact) mass is 255 g/mol. The van der Waals surface area contributed by atoms with E-state index < -0.39 is 17.2 Å². The van der Waals surface area contributed by atoms with E-state index in [9.17, 15) is 8.78 Å². The van der Waals surface area contributed by atoms with Crippen LogP contribution in [0.1, 0.15) is 32.3 Å². The van der Waals surface area contributed by atoms with E-state index in [1.54, 1.807) is 6.07 Å². The van der Waals surface area contributed by atoms with Crippen LogP contribution in [0, 0.1) is 11.6 Å². The molecule has 4 heteroatoms. The van der Waals surface area contributed by atoms with Crippen LogP contribution in [0.25, 0.3) is 0 Å². The number of hydrogen-bond donors (Lipinski definition) is 1. The fourth-order valence-electron chi connectivity index (χ4n) is 2.55. The first kappa shape index (κ1) is 13.4. The number of hydrogen-bond acceptors (Lipinski definition) is 2. The molecule has 0 saturated carbocycles. The first-order valence-corrected chi connectivity index (χ1v) is 6.38. The minimum Gasteiger partial charge on any atom is -0.370 e. The van der Waals surface area contributed by atoms with Crippen molar-refractivity contribution in [1.82, 2.24) is 5.32 Å². The molecule has 2 nitrogen and oxygen atoms in total. The summed E-state index contributed by atoms with van der Waals surface area (Å²) in [7, 11) is 0. The standard InChI is InChI=1S/C14H19F2NO/c1-3-17-11-6-7-18-14(2,9-11)10-4-5-12(15)13(16)8-10/h4-5,8,11,17H,3,6-7,9H2,1-2H3. The maximum Gasteiger partial charge on any atom is 0.159 e. The molecule has 2 unspecified atom stereocenters. The fourth-order valence-corrected chi connectivity index (χ4v) is 2.55. The van der Waals surface area contributed by atoms with Crippen molar-refractivity contribution in [1.29, 1.82) is 0 Å². The number of rotatable bonds is 3. The molecule has 1 aliphatic rings. The number of ether oxygens (including phenoxy) is 1. The molecule has 0 spiro atoms. The lowest BCUT2D eigenvalue weighted by atomic mass is 9.85. The van der Waals surface area contributed by atoms with E-state index in [4.69, 9.17) is 4.74 Å². The van der Waals surface area contributed by atoms with Crippen LogP contribution in [-0.2, 0) is 10.3 Å². The predicted molar refractivity (Wildman–Crippen MR) is 66.4 cm³/mol. The molecule has 1 aromatic rings. The number of benzene rings is 1. The van der Waals surface area contributed by atoms with E-state index >= 15 is 0 Å². The first-order valence-electron chi connectivity index (χ1n) is 6.38. The average Bonchev–Trinajstić information content (AvgIpc) is 2.33. The third kappa shape index (κ3) is 2.70. The van der Waals surface area contributed by atoms with Crippen molar-refractivity contribution < 1.29 is 13.5 Å². The second-order valence-electron chi connectivity index (χ2n) is 4.96. The summed E-state index contributed by atoms with van der Waals surface area (Å²) in [6.07, 6.45) is 1.72. The van der Waals surface area contributed by atoms with Gasteiger partial charge in [-0.25, -0.2) is 8.78 Å². The summed E-state index contributed by atoms with van der Waals surface area (Å²) >= 11 is 0. The molecule has 0 aliphatic carbocycles. The maximum atomic E-state index is 13.3. The van der Waals surface area contributed by atoms with E-state index in [0.29, 0.717) is 18.2 Å². The molecule has 0 amide bonds. The second-order valence-corrected chi connectivity index (χ2v) is 4.96. The molecule has 1 fully saturated rings. The summed E-state index contributed by atoms with van der Waals surface area (Å²) in [6.45, 7) is 5.53. The topological polar surface area (TPSA) is 21.3 Å². The lowest BCUT2D eigenvalue weighted by molar-refractivity contribution is -0.0812. The quantitative estimate of drug-likeness (QED) is 0.896. The molecule has 1 heterocycles. The predicted octanol–water partition coefficient (Wildman–Crippen LogP) is 2.97. The van der Waals surface area contributed by atoms with E-state index in [1.807, 2.05) is 6.92 Å². The van der Waals surface area contributed by atoms with E-state index in [1.165, 1.54) is 6.07 Å². The smallest absolute Gasteiger partial charge is 0.159 e. The molecule has 18 heavy (non-hydrogen) atoms. The van der Waals surface area contributed by atoms with Crippen molar-refractivity contribution in [2.45, 2.75) is 38.3 Å². The Bertz CT molecular complexity index is 422. The van der Waals surface area contributed by atoms with Gasteiger partial charge in [0.2, 0.25) is 0 Å². The second kappa shape index (κ2) is 5.33. The van der Waals surface area contributed by atoms with Crippen molar-refractivity contribution in [3.8, 4) is 0 Å². The molecular formula is C14H19F2NO. The molecule has 0 bridgehead atoms. The summed E-state index contributed by atoms with van der Waals surface area (Å²) < 4.78 is 32.1. The van der Waals surface area contributed by atoms with Crippen molar-refractivity contribution in [3.05, 3.63) is 35.4 Å². The highest BCUT2D eigenvalue weighted by Crippen LogP contribution is 2.35. The molecule has 1 N–H and O–H groups in total. The Kier molecular flexibility index (Phi) is 3.97. The lowest BCUT2D eigenvalue weighted by Gasteiger charge is -2.39.